The van der Waals surface area contributed by atoms with Gasteiger partial charge in [-0.2, -0.15) is 0 Å². The van der Waals surface area contributed by atoms with Crippen LogP contribution in [0.4, 0.5) is 4.79 Å². The second-order valence-corrected chi connectivity index (χ2v) is 10.3. The fraction of sp³-hybridized carbons (Fsp3) is 0.652. The van der Waals surface area contributed by atoms with Crippen LogP contribution in [0.3, 0.4) is 0 Å². The Hall–Kier alpha value is -1.80. The fourth-order valence-corrected chi connectivity index (χ4v) is 4.71. The van der Waals surface area contributed by atoms with Gasteiger partial charge in [0.05, 0.1) is 22.5 Å². The standard InChI is InChI=1S/C23H32BrNO6/c1-22(2,3)31-21(28)25-9-8-15-11-19(30-14-16-7-5-6-10-29-16)18(24)12-17(15)23(25,4)13-20(26)27/h11-12,16H,5-10,13-14H2,1-4H3,(H,26,27). The summed E-state index contributed by atoms with van der Waals surface area (Å²) in [7, 11) is 0. The second-order valence-electron chi connectivity index (χ2n) is 9.47. The molecule has 1 aromatic carbocycles. The van der Waals surface area contributed by atoms with Crippen molar-refractivity contribution in [2.75, 3.05) is 19.8 Å². The molecule has 0 saturated carbocycles. The average molecular weight is 498 g/mol. The van der Waals surface area contributed by atoms with Gasteiger partial charge in [-0.3, -0.25) is 9.69 Å². The SMILES string of the molecule is CC(C)(C)OC(=O)N1CCc2cc(OCC3CCCCO3)c(Br)cc2C1(C)CC(=O)O. The van der Waals surface area contributed by atoms with E-state index in [-0.39, 0.29) is 12.5 Å². The van der Waals surface area contributed by atoms with Gasteiger partial charge in [0, 0.05) is 13.2 Å². The van der Waals surface area contributed by atoms with Crippen LogP contribution in [-0.2, 0) is 26.2 Å². The highest BCUT2D eigenvalue weighted by Gasteiger charge is 2.45. The van der Waals surface area contributed by atoms with Gasteiger partial charge in [0.15, 0.2) is 0 Å². The molecule has 2 unspecified atom stereocenters. The van der Waals surface area contributed by atoms with Gasteiger partial charge in [0.2, 0.25) is 0 Å². The number of fused-ring (bicyclic) bond motifs is 1. The maximum absolute atomic E-state index is 12.9. The summed E-state index contributed by atoms with van der Waals surface area (Å²) in [5.74, 6) is -0.272. The van der Waals surface area contributed by atoms with Crippen molar-refractivity contribution in [3.63, 3.8) is 0 Å². The zero-order valence-electron chi connectivity index (χ0n) is 18.7. The van der Waals surface area contributed by atoms with E-state index in [4.69, 9.17) is 14.2 Å². The first-order valence-corrected chi connectivity index (χ1v) is 11.6. The van der Waals surface area contributed by atoms with Gasteiger partial charge in [0.25, 0.3) is 0 Å². The summed E-state index contributed by atoms with van der Waals surface area (Å²) in [4.78, 5) is 26.2. The molecule has 0 radical (unpaired) electrons. The zero-order chi connectivity index (χ0) is 22.8. The lowest BCUT2D eigenvalue weighted by Crippen LogP contribution is -2.54. The Balaban J connectivity index is 1.88. The van der Waals surface area contributed by atoms with Gasteiger partial charge in [-0.05, 0) is 92.6 Å². The van der Waals surface area contributed by atoms with Crippen LogP contribution >= 0.6 is 15.9 Å². The number of aliphatic carboxylic acids is 1. The minimum absolute atomic E-state index is 0.0941. The van der Waals surface area contributed by atoms with Crippen molar-refractivity contribution in [3.05, 3.63) is 27.7 Å². The van der Waals surface area contributed by atoms with Crippen LogP contribution in [0.25, 0.3) is 0 Å². The number of carboxylic acid groups (broad SMARTS) is 1. The molecule has 7 nitrogen and oxygen atoms in total. The van der Waals surface area contributed by atoms with Gasteiger partial charge in [-0.25, -0.2) is 4.79 Å². The molecule has 0 bridgehead atoms. The minimum Gasteiger partial charge on any atom is -0.490 e. The van der Waals surface area contributed by atoms with E-state index >= 15 is 0 Å². The highest BCUT2D eigenvalue weighted by atomic mass is 79.9. The maximum atomic E-state index is 12.9. The third-order valence-electron chi connectivity index (χ3n) is 5.75. The number of benzene rings is 1. The van der Waals surface area contributed by atoms with E-state index < -0.39 is 23.2 Å². The number of nitrogens with zero attached hydrogens (tertiary/aromatic N) is 1. The molecule has 0 aromatic heterocycles. The Morgan fingerprint density at radius 3 is 2.68 bits per heavy atom. The normalized spacial score (nSPS) is 23.8. The molecule has 1 amide bonds. The molecule has 2 aliphatic rings. The van der Waals surface area contributed by atoms with Crippen molar-refractivity contribution in [1.29, 1.82) is 0 Å². The van der Waals surface area contributed by atoms with Crippen molar-refractivity contribution in [3.8, 4) is 5.75 Å². The topological polar surface area (TPSA) is 85.3 Å². The van der Waals surface area contributed by atoms with Gasteiger partial charge in [-0.15, -0.1) is 0 Å². The first-order valence-electron chi connectivity index (χ1n) is 10.8. The number of ether oxygens (including phenoxy) is 3. The molecule has 0 aliphatic carbocycles. The highest BCUT2D eigenvalue weighted by molar-refractivity contribution is 9.10. The maximum Gasteiger partial charge on any atom is 0.411 e. The lowest BCUT2D eigenvalue weighted by molar-refractivity contribution is -0.140. The lowest BCUT2D eigenvalue weighted by Gasteiger charge is -2.45. The molecule has 31 heavy (non-hydrogen) atoms. The van der Waals surface area contributed by atoms with Crippen LogP contribution in [0.15, 0.2) is 16.6 Å². The van der Waals surface area contributed by atoms with Crippen LogP contribution in [0.2, 0.25) is 0 Å². The van der Waals surface area contributed by atoms with Crippen LogP contribution in [0, 0.1) is 0 Å². The number of hydrogen-bond donors (Lipinski definition) is 1. The Morgan fingerprint density at radius 2 is 2.06 bits per heavy atom. The number of halogens is 1. The molecule has 2 heterocycles. The summed E-state index contributed by atoms with van der Waals surface area (Å²) in [6.07, 6.45) is 3.19. The monoisotopic (exact) mass is 497 g/mol. The van der Waals surface area contributed by atoms with Crippen molar-refractivity contribution in [2.45, 2.75) is 77.0 Å². The summed E-state index contributed by atoms with van der Waals surface area (Å²) in [5.41, 5.74) is 0.0717. The molecule has 2 aliphatic heterocycles. The van der Waals surface area contributed by atoms with Gasteiger partial charge in [0.1, 0.15) is 18.0 Å². The summed E-state index contributed by atoms with van der Waals surface area (Å²) in [5, 5.41) is 9.61. The van der Waals surface area contributed by atoms with E-state index in [0.717, 1.165) is 41.5 Å². The van der Waals surface area contributed by atoms with E-state index in [1.807, 2.05) is 12.1 Å². The first kappa shape index (κ1) is 23.9. The Morgan fingerprint density at radius 1 is 1.32 bits per heavy atom. The summed E-state index contributed by atoms with van der Waals surface area (Å²) in [6.45, 7) is 8.81. The zero-order valence-corrected chi connectivity index (χ0v) is 20.3. The number of carboxylic acids is 1. The molecule has 1 N–H and O–H groups in total. The highest BCUT2D eigenvalue weighted by Crippen LogP contribution is 2.43. The van der Waals surface area contributed by atoms with E-state index in [1.165, 1.54) is 4.90 Å². The predicted molar refractivity (Wildman–Crippen MR) is 119 cm³/mol. The Kier molecular flexibility index (Phi) is 7.21. The van der Waals surface area contributed by atoms with Crippen LogP contribution < -0.4 is 4.74 Å². The molecule has 3 rings (SSSR count). The van der Waals surface area contributed by atoms with Crippen molar-refractivity contribution in [1.82, 2.24) is 4.90 Å². The molecule has 1 aromatic rings. The van der Waals surface area contributed by atoms with E-state index in [0.29, 0.717) is 25.3 Å². The largest absolute Gasteiger partial charge is 0.490 e. The predicted octanol–water partition coefficient (Wildman–Crippen LogP) is 4.88. The van der Waals surface area contributed by atoms with E-state index in [1.54, 1.807) is 27.7 Å². The lowest BCUT2D eigenvalue weighted by atomic mass is 9.79. The Labute approximate surface area is 192 Å². The number of hydrogen-bond acceptors (Lipinski definition) is 5. The number of rotatable bonds is 5. The summed E-state index contributed by atoms with van der Waals surface area (Å²) in [6, 6.07) is 3.83. The first-order chi connectivity index (χ1) is 14.5. The van der Waals surface area contributed by atoms with Gasteiger partial charge >= 0.3 is 12.1 Å². The van der Waals surface area contributed by atoms with Gasteiger partial charge < -0.3 is 19.3 Å². The molecule has 8 heteroatoms. The van der Waals surface area contributed by atoms with E-state index in [9.17, 15) is 14.7 Å². The van der Waals surface area contributed by atoms with Crippen molar-refractivity contribution < 1.29 is 28.9 Å². The molecular weight excluding hydrogens is 466 g/mol. The number of carbonyl (C=O) groups is 2. The van der Waals surface area contributed by atoms with Crippen molar-refractivity contribution >= 4 is 28.0 Å². The summed E-state index contributed by atoms with van der Waals surface area (Å²) < 4.78 is 18.1. The van der Waals surface area contributed by atoms with Crippen LogP contribution in [-0.4, -0.2) is 53.5 Å². The number of carbonyl (C=O) groups excluding carboxylic acids is 1. The molecule has 172 valence electrons. The van der Waals surface area contributed by atoms with Gasteiger partial charge in [-0.1, -0.05) is 0 Å². The number of amides is 1. The van der Waals surface area contributed by atoms with Crippen LogP contribution in [0.1, 0.15) is 64.5 Å². The fourth-order valence-electron chi connectivity index (χ4n) is 4.26. The smallest absolute Gasteiger partial charge is 0.411 e. The van der Waals surface area contributed by atoms with Crippen LogP contribution in [0.5, 0.6) is 5.75 Å². The average Bonchev–Trinajstić information content (AvgIpc) is 2.66. The quantitative estimate of drug-likeness (QED) is 0.623. The molecule has 1 saturated heterocycles. The summed E-state index contributed by atoms with van der Waals surface area (Å²) >= 11 is 3.58. The molecule has 0 spiro atoms. The Bertz CT molecular complexity index is 830. The third kappa shape index (κ3) is 5.71. The third-order valence-corrected chi connectivity index (χ3v) is 6.37. The molecule has 2 atom stereocenters. The molecule has 1 fully saturated rings. The van der Waals surface area contributed by atoms with Crippen molar-refractivity contribution in [2.24, 2.45) is 0 Å². The minimum atomic E-state index is -1.03. The van der Waals surface area contributed by atoms with E-state index in [2.05, 4.69) is 15.9 Å². The second kappa shape index (κ2) is 9.36. The molecular formula is C23H32BrNO6.